The highest BCUT2D eigenvalue weighted by molar-refractivity contribution is 7.89. The van der Waals surface area contributed by atoms with Gasteiger partial charge in [0.25, 0.3) is 11.8 Å². The third kappa shape index (κ3) is 4.34. The topological polar surface area (TPSA) is 134 Å². The van der Waals surface area contributed by atoms with E-state index in [2.05, 4.69) is 16.0 Å². The summed E-state index contributed by atoms with van der Waals surface area (Å²) in [6, 6.07) is 14.5. The number of nitrogens with zero attached hydrogens (tertiary/aromatic N) is 3. The monoisotopic (exact) mass is 455 g/mol. The summed E-state index contributed by atoms with van der Waals surface area (Å²) in [5.41, 5.74) is 4.82. The van der Waals surface area contributed by atoms with Crippen molar-refractivity contribution in [3.63, 3.8) is 0 Å². The maximum absolute atomic E-state index is 12.7. The highest BCUT2D eigenvalue weighted by atomic mass is 32.2. The van der Waals surface area contributed by atoms with Gasteiger partial charge in [-0.3, -0.25) is 20.4 Å². The molecule has 0 bridgehead atoms. The minimum absolute atomic E-state index is 0.0117. The van der Waals surface area contributed by atoms with Crippen LogP contribution in [0, 0.1) is 0 Å². The van der Waals surface area contributed by atoms with Crippen molar-refractivity contribution in [1.82, 2.24) is 24.9 Å². The second-order valence-corrected chi connectivity index (χ2v) is 9.13. The fraction of sp³-hybridized carbons (Fsp3) is 0.190. The first-order chi connectivity index (χ1) is 15.4. The number of hydrazine groups is 1. The van der Waals surface area contributed by atoms with Gasteiger partial charge in [-0.15, -0.1) is 0 Å². The van der Waals surface area contributed by atoms with E-state index in [1.165, 1.54) is 39.4 Å². The summed E-state index contributed by atoms with van der Waals surface area (Å²) < 4.78 is 28.1. The molecule has 0 unspecified atom stereocenters. The van der Waals surface area contributed by atoms with Crippen molar-refractivity contribution >= 4 is 21.8 Å². The molecule has 2 aromatic carbocycles. The number of hydrogen-bond acceptors (Lipinski definition) is 6. The van der Waals surface area contributed by atoms with Crippen molar-refractivity contribution in [2.24, 2.45) is 0 Å². The van der Waals surface area contributed by atoms with Crippen LogP contribution in [0.5, 0.6) is 5.75 Å². The van der Waals surface area contributed by atoms with Crippen molar-refractivity contribution < 1.29 is 23.1 Å². The molecule has 1 aliphatic rings. The second-order valence-electron chi connectivity index (χ2n) is 7.19. The quantitative estimate of drug-likeness (QED) is 0.499. The molecule has 32 heavy (non-hydrogen) atoms. The number of benzene rings is 2. The van der Waals surface area contributed by atoms with E-state index >= 15 is 0 Å². The van der Waals surface area contributed by atoms with Gasteiger partial charge in [-0.1, -0.05) is 24.3 Å². The molecule has 3 aromatic rings. The van der Waals surface area contributed by atoms with Crippen LogP contribution in [0.25, 0.3) is 5.69 Å². The van der Waals surface area contributed by atoms with Gasteiger partial charge in [-0.05, 0) is 43.2 Å². The van der Waals surface area contributed by atoms with Crippen molar-refractivity contribution in [1.29, 1.82) is 0 Å². The van der Waals surface area contributed by atoms with Crippen LogP contribution in [0.4, 0.5) is 0 Å². The van der Waals surface area contributed by atoms with E-state index < -0.39 is 21.8 Å². The number of nitrogens with one attached hydrogen (secondary N) is 2. The molecule has 0 radical (unpaired) electrons. The molecule has 1 aromatic heterocycles. The number of rotatable bonds is 5. The number of para-hydroxylation sites is 1. The number of carbonyl (C=O) groups excluding carboxylic acids is 2. The zero-order chi connectivity index (χ0) is 22.7. The van der Waals surface area contributed by atoms with Crippen LogP contribution in [-0.2, 0) is 10.0 Å². The maximum atomic E-state index is 12.7. The lowest BCUT2D eigenvalue weighted by atomic mass is 10.2. The fourth-order valence-electron chi connectivity index (χ4n) is 3.36. The summed E-state index contributed by atoms with van der Waals surface area (Å²) in [7, 11) is -3.68. The first-order valence-corrected chi connectivity index (χ1v) is 11.4. The highest BCUT2D eigenvalue weighted by Crippen LogP contribution is 2.22. The van der Waals surface area contributed by atoms with Crippen LogP contribution in [0.1, 0.15) is 33.7 Å². The molecular formula is C21H21N5O5S. The van der Waals surface area contributed by atoms with Crippen LogP contribution >= 0.6 is 0 Å². The molecule has 0 spiro atoms. The van der Waals surface area contributed by atoms with Crippen molar-refractivity contribution in [3.8, 4) is 11.4 Å². The SMILES string of the molecule is O=C(NNC(=O)c1nn(-c2ccccc2)cc1O)c1cccc(S(=O)(=O)N2CCCC2)c1. The van der Waals surface area contributed by atoms with Gasteiger partial charge >= 0.3 is 0 Å². The first-order valence-electron chi connectivity index (χ1n) is 9.91. The van der Waals surface area contributed by atoms with Crippen molar-refractivity contribution in [2.45, 2.75) is 17.7 Å². The zero-order valence-electron chi connectivity index (χ0n) is 16.9. The largest absolute Gasteiger partial charge is 0.504 e. The van der Waals surface area contributed by atoms with Crippen molar-refractivity contribution in [3.05, 3.63) is 72.1 Å². The van der Waals surface area contributed by atoms with E-state index in [9.17, 15) is 23.1 Å². The van der Waals surface area contributed by atoms with E-state index in [0.717, 1.165) is 12.8 Å². The smallest absolute Gasteiger partial charge is 0.294 e. The zero-order valence-corrected chi connectivity index (χ0v) is 17.7. The summed E-state index contributed by atoms with van der Waals surface area (Å²) in [6.45, 7) is 0.905. The molecule has 1 fully saturated rings. The molecule has 3 N–H and O–H groups in total. The molecule has 0 aliphatic carbocycles. The van der Waals surface area contributed by atoms with Gasteiger partial charge in [0, 0.05) is 18.7 Å². The molecule has 1 saturated heterocycles. The Hall–Kier alpha value is -3.70. The highest BCUT2D eigenvalue weighted by Gasteiger charge is 2.27. The van der Waals surface area contributed by atoms with Gasteiger partial charge in [0.2, 0.25) is 10.0 Å². The summed E-state index contributed by atoms with van der Waals surface area (Å²) >= 11 is 0. The number of aromatic nitrogens is 2. The number of hydrogen-bond donors (Lipinski definition) is 3. The molecular weight excluding hydrogens is 434 g/mol. The molecule has 0 atom stereocenters. The Bertz CT molecular complexity index is 1250. The summed E-state index contributed by atoms with van der Waals surface area (Å²) in [5.74, 6) is -1.90. The van der Waals surface area contributed by atoms with Gasteiger partial charge in [-0.25, -0.2) is 13.1 Å². The molecule has 4 rings (SSSR count). The van der Waals surface area contributed by atoms with Gasteiger partial charge in [0.1, 0.15) is 0 Å². The first kappa shape index (κ1) is 21.5. The maximum Gasteiger partial charge on any atom is 0.294 e. The summed E-state index contributed by atoms with van der Waals surface area (Å²) in [6.07, 6.45) is 2.88. The standard InChI is InChI=1S/C21H21N5O5S/c27-18-14-26(16-8-2-1-3-9-16)24-19(18)21(29)23-22-20(28)15-7-6-10-17(13-15)32(30,31)25-11-4-5-12-25/h1-3,6-10,13-14,27H,4-5,11-12H2,(H,22,28)(H,23,29). The van der Waals surface area contributed by atoms with Crippen molar-refractivity contribution in [2.75, 3.05) is 13.1 Å². The Balaban J connectivity index is 1.44. The van der Waals surface area contributed by atoms with Gasteiger partial charge in [0.15, 0.2) is 11.4 Å². The van der Waals surface area contributed by atoms with E-state index in [0.29, 0.717) is 18.8 Å². The molecule has 2 heterocycles. The lowest BCUT2D eigenvalue weighted by Gasteiger charge is -2.16. The normalized spacial score (nSPS) is 14.2. The van der Waals surface area contributed by atoms with E-state index in [1.54, 1.807) is 24.3 Å². The van der Waals surface area contributed by atoms with Gasteiger partial charge in [0.05, 0.1) is 16.8 Å². The minimum atomic E-state index is -3.68. The Kier molecular flexibility index (Phi) is 5.93. The van der Waals surface area contributed by atoms with Crippen LogP contribution in [0.3, 0.4) is 0 Å². The third-order valence-corrected chi connectivity index (χ3v) is 6.91. The Morgan fingerprint density at radius 1 is 0.938 bits per heavy atom. The fourth-order valence-corrected chi connectivity index (χ4v) is 4.92. The Morgan fingerprint density at radius 2 is 1.62 bits per heavy atom. The van der Waals surface area contributed by atoms with Crippen LogP contribution in [0.15, 0.2) is 65.7 Å². The third-order valence-electron chi connectivity index (χ3n) is 5.02. The number of sulfonamides is 1. The average molecular weight is 455 g/mol. The molecule has 11 heteroatoms. The lowest BCUT2D eigenvalue weighted by Crippen LogP contribution is -2.42. The predicted molar refractivity (Wildman–Crippen MR) is 115 cm³/mol. The summed E-state index contributed by atoms with van der Waals surface area (Å²) in [4.78, 5) is 24.9. The van der Waals surface area contributed by atoms with Crippen LogP contribution in [-0.4, -0.2) is 52.5 Å². The Labute approximate surface area is 184 Å². The van der Waals surface area contributed by atoms with Gasteiger partial charge in [-0.2, -0.15) is 9.40 Å². The number of carbonyl (C=O) groups is 2. The number of amides is 2. The summed E-state index contributed by atoms with van der Waals surface area (Å²) in [5, 5.41) is 14.1. The molecule has 166 valence electrons. The van der Waals surface area contributed by atoms with Gasteiger partial charge < -0.3 is 5.11 Å². The Morgan fingerprint density at radius 3 is 2.34 bits per heavy atom. The van der Waals surface area contributed by atoms with Crippen LogP contribution < -0.4 is 10.9 Å². The molecule has 10 nitrogen and oxygen atoms in total. The predicted octanol–water partition coefficient (Wildman–Crippen LogP) is 1.44. The van der Waals surface area contributed by atoms with E-state index in [-0.39, 0.29) is 21.9 Å². The molecule has 1 aliphatic heterocycles. The number of aromatic hydroxyl groups is 1. The van der Waals surface area contributed by atoms with Crippen LogP contribution in [0.2, 0.25) is 0 Å². The second kappa shape index (κ2) is 8.81. The molecule has 0 saturated carbocycles. The average Bonchev–Trinajstić information content (AvgIpc) is 3.48. The molecule has 2 amide bonds. The van der Waals surface area contributed by atoms with E-state index in [1.807, 2.05) is 6.07 Å². The minimum Gasteiger partial charge on any atom is -0.504 e. The van der Waals surface area contributed by atoms with E-state index in [4.69, 9.17) is 0 Å². The lowest BCUT2D eigenvalue weighted by molar-refractivity contribution is 0.0842.